The van der Waals surface area contributed by atoms with E-state index in [4.69, 9.17) is 0 Å². The minimum absolute atomic E-state index is 0.0102. The number of amides is 11. The molecule has 0 saturated carbocycles. The van der Waals surface area contributed by atoms with Gasteiger partial charge in [0.25, 0.3) is 0 Å². The summed E-state index contributed by atoms with van der Waals surface area (Å²) in [5.74, 6) is -9.86. The van der Waals surface area contributed by atoms with E-state index in [2.05, 4.69) is 44.0 Å². The van der Waals surface area contributed by atoms with E-state index in [0.717, 1.165) is 33.7 Å². The van der Waals surface area contributed by atoms with Crippen molar-refractivity contribution in [3.05, 3.63) is 54.7 Å². The SMILES string of the molecule is CC[C@@H]1NC(=O)[C@H]([C@H](O)[C@H](C)C/C=C/CCC[n+]2cccc3ccccc32)N(C)C(=O)[C@H](C(C)C)N(C)C(=O)[C@H](CC(C)C)N(C)C(=O)[C@H](CC(C)C)N(C)C(=O)[C@@H](C)NC(=O)[C@H](C)NC(=O)[C@H](CC(C)C)N(C)C(=O)[C@H](C(C)C)NC(=O)[C@H](CC(C)C)N(C)C(=O)CN(C)C1=O. The van der Waals surface area contributed by atoms with Gasteiger partial charge in [0.1, 0.15) is 67.0 Å². The summed E-state index contributed by atoms with van der Waals surface area (Å²) in [6.07, 6.45) is 6.84. The Labute approximate surface area is 578 Å². The van der Waals surface area contributed by atoms with Gasteiger partial charge in [-0.3, -0.25) is 52.7 Å². The first kappa shape index (κ1) is 83.7. The fourth-order valence-electron chi connectivity index (χ4n) is 12.6. The van der Waals surface area contributed by atoms with Gasteiger partial charge in [0.05, 0.1) is 12.6 Å². The molecule has 24 nitrogen and oxygen atoms in total. The molecule has 0 bridgehead atoms. The Morgan fingerprint density at radius 3 is 1.51 bits per heavy atom. The number of fused-ring (bicyclic) bond motifs is 1. The highest BCUT2D eigenvalue weighted by molar-refractivity contribution is 5.99. The smallest absolute Gasteiger partial charge is 0.246 e. The number of hydrogen-bond acceptors (Lipinski definition) is 12. The molecule has 544 valence electrons. The van der Waals surface area contributed by atoms with Crippen LogP contribution in [-0.4, -0.2) is 227 Å². The number of pyridine rings is 1. The number of nitrogens with zero attached hydrogens (tertiary/aromatic N) is 8. The summed E-state index contributed by atoms with van der Waals surface area (Å²) in [7, 11) is 9.98. The zero-order chi connectivity index (χ0) is 73.8. The monoisotopic (exact) mass is 1360 g/mol. The predicted molar refractivity (Wildman–Crippen MR) is 376 cm³/mol. The topological polar surface area (TPSA) is 283 Å². The molecule has 1 aliphatic rings. The van der Waals surface area contributed by atoms with Crippen LogP contribution in [0.2, 0.25) is 0 Å². The van der Waals surface area contributed by atoms with E-state index in [1.807, 2.05) is 91.9 Å². The first-order chi connectivity index (χ1) is 45.2. The Balaban J connectivity index is 2.26. The predicted octanol–water partition coefficient (Wildman–Crippen LogP) is 5.17. The van der Waals surface area contributed by atoms with E-state index < -0.39 is 156 Å². The second-order valence-corrected chi connectivity index (χ2v) is 29.4. The summed E-state index contributed by atoms with van der Waals surface area (Å²) in [5.41, 5.74) is 1.11. The van der Waals surface area contributed by atoms with Gasteiger partial charge in [0.2, 0.25) is 70.5 Å². The van der Waals surface area contributed by atoms with Crippen LogP contribution in [0.3, 0.4) is 0 Å². The number of para-hydroxylation sites is 1. The van der Waals surface area contributed by atoms with E-state index in [1.165, 1.54) is 87.7 Å². The lowest BCUT2D eigenvalue weighted by atomic mass is 9.91. The van der Waals surface area contributed by atoms with E-state index >= 15 is 19.2 Å². The summed E-state index contributed by atoms with van der Waals surface area (Å²) in [6, 6.07) is -0.268. The standard InChI is InChI=1S/C73H120N12O12/c1-24-53-69(93)78(17)42-59(86)79(18)55(38-43(2)3)66(90)77-60(47(10)11)72(96)80(19)56(39-44(4)5)65(89)74-50(15)64(88)75-51(16)68(92)81(20)57(40-45(6)7)70(94)82(21)58(41-46(8)9)71(95)83(22)61(48(12)13)73(97)84(23)62(67(91)76-53)63(87)49(14)32-27-25-26-30-36-85-37-31-34-52-33-28-29-35-54(52)85/h25,27-29,31,33-35,37,43-51,53,55-58,60-63,87H,24,26,30,32,36,38-42H2,1-23H3,(H3-,74,75,76,77,88,89,90,91)/p+1/b27-25+/t49-,50+,51-,53+,55+,56+,57+,58+,60+,61+,62+,63-/m1/s1. The number of hydrogen-bond donors (Lipinski definition) is 5. The number of carbonyl (C=O) groups excluding carboxylic acids is 11. The van der Waals surface area contributed by atoms with Crippen LogP contribution in [0.4, 0.5) is 0 Å². The van der Waals surface area contributed by atoms with Crippen molar-refractivity contribution in [3.63, 3.8) is 0 Å². The second kappa shape index (κ2) is 38.6. The highest BCUT2D eigenvalue weighted by Gasteiger charge is 2.46. The molecule has 2 aromatic rings. The van der Waals surface area contributed by atoms with E-state index in [9.17, 15) is 38.7 Å². The van der Waals surface area contributed by atoms with Crippen LogP contribution in [0.1, 0.15) is 162 Å². The molecule has 2 heterocycles. The summed E-state index contributed by atoms with van der Waals surface area (Å²) < 4.78 is 2.19. The number of unbranched alkanes of at least 4 members (excludes halogenated alkanes) is 1. The highest BCUT2D eigenvalue weighted by atomic mass is 16.3. The van der Waals surface area contributed by atoms with Crippen molar-refractivity contribution in [1.82, 2.24) is 55.6 Å². The summed E-state index contributed by atoms with van der Waals surface area (Å²) in [4.78, 5) is 171. The summed E-state index contributed by atoms with van der Waals surface area (Å²) in [5, 5.41) is 24.7. The Morgan fingerprint density at radius 2 is 0.969 bits per heavy atom. The van der Waals surface area contributed by atoms with Gasteiger partial charge in [0.15, 0.2) is 6.20 Å². The largest absolute Gasteiger partial charge is 0.390 e. The van der Waals surface area contributed by atoms with Crippen LogP contribution in [0.25, 0.3) is 10.9 Å². The lowest BCUT2D eigenvalue weighted by Gasteiger charge is -2.41. The minimum Gasteiger partial charge on any atom is -0.390 e. The molecule has 24 heteroatoms. The van der Waals surface area contributed by atoms with Gasteiger partial charge in [-0.25, -0.2) is 0 Å². The van der Waals surface area contributed by atoms with Crippen molar-refractivity contribution >= 4 is 75.9 Å². The second-order valence-electron chi connectivity index (χ2n) is 29.4. The van der Waals surface area contributed by atoms with Crippen LogP contribution in [0.5, 0.6) is 0 Å². The molecule has 0 radical (unpaired) electrons. The molecule has 12 atom stereocenters. The molecule has 11 amide bonds. The number of nitrogens with one attached hydrogen (secondary N) is 4. The fourth-order valence-corrected chi connectivity index (χ4v) is 12.6. The average Bonchev–Trinajstić information content (AvgIpc) is 0.816. The Kier molecular flexibility index (Phi) is 33.3. The third-order valence-electron chi connectivity index (χ3n) is 18.6. The molecule has 1 aliphatic heterocycles. The number of rotatable bonds is 19. The van der Waals surface area contributed by atoms with Gasteiger partial charge in [-0.15, -0.1) is 0 Å². The molecular weight excluding hydrogens is 1240 g/mol. The molecule has 3 rings (SSSR count). The average molecular weight is 1360 g/mol. The van der Waals surface area contributed by atoms with Crippen molar-refractivity contribution < 1.29 is 62.4 Å². The number of aromatic nitrogens is 1. The van der Waals surface area contributed by atoms with E-state index in [1.54, 1.807) is 41.5 Å². The lowest BCUT2D eigenvalue weighted by Crippen LogP contribution is -2.63. The number of carbonyl (C=O) groups is 11. The van der Waals surface area contributed by atoms with Crippen LogP contribution < -0.4 is 25.8 Å². The third kappa shape index (κ3) is 23.3. The maximum Gasteiger partial charge on any atom is 0.246 e. The number of benzene rings is 1. The van der Waals surface area contributed by atoms with Crippen LogP contribution >= 0.6 is 0 Å². The van der Waals surface area contributed by atoms with E-state index in [0.29, 0.717) is 6.42 Å². The molecular formula is C73H121N12O12+. The third-order valence-corrected chi connectivity index (χ3v) is 18.6. The van der Waals surface area contributed by atoms with Gasteiger partial charge < -0.3 is 60.7 Å². The van der Waals surface area contributed by atoms with Crippen molar-refractivity contribution in [2.45, 2.75) is 235 Å². The molecule has 1 saturated heterocycles. The quantitative estimate of drug-likeness (QED) is 0.0692. The number of allylic oxidation sites excluding steroid dienone is 2. The first-order valence-corrected chi connectivity index (χ1v) is 35.0. The molecule has 97 heavy (non-hydrogen) atoms. The van der Waals surface area contributed by atoms with Gasteiger partial charge in [-0.05, 0) is 112 Å². The molecule has 1 fully saturated rings. The molecule has 0 aliphatic carbocycles. The van der Waals surface area contributed by atoms with Gasteiger partial charge in [0, 0.05) is 73.3 Å². The van der Waals surface area contributed by atoms with Gasteiger partial charge in [-0.1, -0.05) is 121 Å². The van der Waals surface area contributed by atoms with Crippen LogP contribution in [0, 0.1) is 41.4 Å². The zero-order valence-electron chi connectivity index (χ0n) is 62.7. The Bertz CT molecular complexity index is 3040. The first-order valence-electron chi connectivity index (χ1n) is 35.0. The van der Waals surface area contributed by atoms with Gasteiger partial charge in [-0.2, -0.15) is 4.57 Å². The maximum atomic E-state index is 15.4. The summed E-state index contributed by atoms with van der Waals surface area (Å²) >= 11 is 0. The lowest BCUT2D eigenvalue weighted by molar-refractivity contribution is -0.671. The molecule has 0 spiro atoms. The van der Waals surface area contributed by atoms with E-state index in [-0.39, 0.29) is 62.2 Å². The molecule has 1 aromatic heterocycles. The van der Waals surface area contributed by atoms with Crippen LogP contribution in [0.15, 0.2) is 54.7 Å². The molecule has 5 N–H and O–H groups in total. The summed E-state index contributed by atoms with van der Waals surface area (Å²) in [6.45, 7) is 28.4. The number of aliphatic hydroxyl groups is 1. The molecule has 0 unspecified atom stereocenters. The fraction of sp³-hybridized carbons (Fsp3) is 0.699. The number of aliphatic hydroxyl groups excluding tert-OH is 1. The normalized spacial score (nSPS) is 25.1. The van der Waals surface area contributed by atoms with Crippen molar-refractivity contribution in [2.75, 3.05) is 55.9 Å². The van der Waals surface area contributed by atoms with Crippen molar-refractivity contribution in [3.8, 4) is 0 Å². The van der Waals surface area contributed by atoms with Crippen molar-refractivity contribution in [2.24, 2.45) is 41.4 Å². The number of aryl methyl sites for hydroxylation is 1. The minimum atomic E-state index is -1.65. The highest BCUT2D eigenvalue weighted by Crippen LogP contribution is 2.26. The molecule has 1 aromatic carbocycles. The Hall–Kier alpha value is -7.50. The zero-order valence-corrected chi connectivity index (χ0v) is 62.7. The Morgan fingerprint density at radius 1 is 0.495 bits per heavy atom. The maximum absolute atomic E-state index is 15.4. The van der Waals surface area contributed by atoms with Crippen molar-refractivity contribution in [1.29, 1.82) is 0 Å². The van der Waals surface area contributed by atoms with Crippen LogP contribution in [-0.2, 0) is 59.3 Å². The number of likely N-dealkylation sites (N-methyl/N-ethyl adjacent to an activating group) is 7. The van der Waals surface area contributed by atoms with Gasteiger partial charge >= 0.3 is 0 Å².